The standard InChI is InChI=1S/C38H30ClN3O5S2/c1-18-9-12-21(13-10-18)42-36(44)31-24-16-25(32(31)37(42)45)33-30(24)29(34-35(48-33)41-38(46)49-34)23-15-20(39)11-14-27(23)47-17-28(43)40-26-8-4-6-19-5-2-3-7-22(19)26/h2-15,24-25,29-33H,16-17H2,1H3,(H,40,43)(H,41,46)/t24-,25-,29+,30-,31+,32+,33-/m1/s1. The summed E-state index contributed by atoms with van der Waals surface area (Å²) in [6, 6.07) is 26.5. The van der Waals surface area contributed by atoms with E-state index in [0.29, 0.717) is 22.1 Å². The first kappa shape index (κ1) is 30.7. The average Bonchev–Trinajstić information content (AvgIpc) is 3.83. The Morgan fingerprint density at radius 1 is 0.959 bits per heavy atom. The quantitative estimate of drug-likeness (QED) is 0.180. The lowest BCUT2D eigenvalue weighted by molar-refractivity contribution is -0.123. The number of nitrogens with one attached hydrogen (secondary N) is 2. The first-order chi connectivity index (χ1) is 23.8. The molecule has 49 heavy (non-hydrogen) atoms. The third-order valence-corrected chi connectivity index (χ3v) is 13.6. The van der Waals surface area contributed by atoms with E-state index in [1.807, 2.05) is 79.7 Å². The number of carbonyl (C=O) groups is 3. The molecule has 3 fully saturated rings. The van der Waals surface area contributed by atoms with Gasteiger partial charge in [-0.25, -0.2) is 0 Å². The number of hydrogen-bond acceptors (Lipinski definition) is 7. The van der Waals surface area contributed by atoms with Gasteiger partial charge in [0.05, 0.1) is 22.5 Å². The number of carbonyl (C=O) groups excluding carboxylic acids is 3. The van der Waals surface area contributed by atoms with Crippen LogP contribution < -0.4 is 19.8 Å². The predicted octanol–water partition coefficient (Wildman–Crippen LogP) is 7.25. The minimum Gasteiger partial charge on any atom is -0.483 e. The molecule has 1 aromatic heterocycles. The molecular formula is C38H30ClN3O5S2. The van der Waals surface area contributed by atoms with Crippen LogP contribution in [0.5, 0.6) is 5.75 Å². The number of benzene rings is 4. The van der Waals surface area contributed by atoms with E-state index in [9.17, 15) is 19.2 Å². The number of aryl methyl sites for hydroxylation is 1. The molecule has 8 nitrogen and oxygen atoms in total. The van der Waals surface area contributed by atoms with Gasteiger partial charge in [-0.05, 0) is 72.9 Å². The maximum Gasteiger partial charge on any atom is 0.305 e. The number of nitrogens with zero attached hydrogens (tertiary/aromatic N) is 1. The zero-order valence-electron chi connectivity index (χ0n) is 26.2. The topological polar surface area (TPSA) is 109 Å². The van der Waals surface area contributed by atoms with E-state index in [0.717, 1.165) is 49.6 Å². The van der Waals surface area contributed by atoms with Crippen molar-refractivity contribution in [2.75, 3.05) is 16.8 Å². The number of thioether (sulfide) groups is 1. The number of anilines is 2. The molecule has 2 aliphatic carbocycles. The van der Waals surface area contributed by atoms with Gasteiger partial charge in [-0.1, -0.05) is 77.0 Å². The first-order valence-corrected chi connectivity index (χ1v) is 18.4. The normalized spacial score (nSPS) is 26.5. The van der Waals surface area contributed by atoms with Crippen LogP contribution in [0.15, 0.2) is 94.7 Å². The SMILES string of the molecule is Cc1ccc(N2C(=O)[C@H]3[C@H]4C[C@@H]([C@@H]3C2=O)[C@@H]2[C@H](c3cc(Cl)ccc3OCC(=O)Nc3cccc5ccccc35)c3sc(=O)[nH]c3S[C@H]42)cc1. The predicted molar refractivity (Wildman–Crippen MR) is 192 cm³/mol. The van der Waals surface area contributed by atoms with E-state index in [4.69, 9.17) is 16.3 Å². The molecule has 246 valence electrons. The van der Waals surface area contributed by atoms with Crippen molar-refractivity contribution in [2.24, 2.45) is 29.6 Å². The van der Waals surface area contributed by atoms with E-state index in [1.165, 1.54) is 4.90 Å². The highest BCUT2D eigenvalue weighted by Gasteiger charge is 2.69. The van der Waals surface area contributed by atoms with Crippen molar-refractivity contribution in [3.05, 3.63) is 116 Å². The number of amides is 3. The smallest absolute Gasteiger partial charge is 0.305 e. The maximum absolute atomic E-state index is 14.1. The van der Waals surface area contributed by atoms with Crippen LogP contribution in [0.1, 0.15) is 28.3 Å². The number of thiazole rings is 1. The molecule has 3 amide bonds. The number of halogens is 1. The highest BCUT2D eigenvalue weighted by atomic mass is 35.5. The van der Waals surface area contributed by atoms with Crippen molar-refractivity contribution in [1.29, 1.82) is 0 Å². The van der Waals surface area contributed by atoms with Gasteiger partial charge in [-0.2, -0.15) is 0 Å². The molecule has 0 spiro atoms. The molecule has 7 atom stereocenters. The Bertz CT molecular complexity index is 2240. The van der Waals surface area contributed by atoms with Gasteiger partial charge in [0, 0.05) is 37.7 Å². The molecule has 0 radical (unpaired) electrons. The van der Waals surface area contributed by atoms with Crippen LogP contribution in [-0.2, 0) is 14.4 Å². The first-order valence-electron chi connectivity index (χ1n) is 16.3. The molecule has 4 aromatic carbocycles. The number of hydrogen-bond donors (Lipinski definition) is 2. The minimum atomic E-state index is -0.435. The third kappa shape index (κ3) is 4.87. The second kappa shape index (κ2) is 11.6. The van der Waals surface area contributed by atoms with Gasteiger partial charge in [0.25, 0.3) is 5.91 Å². The lowest BCUT2D eigenvalue weighted by atomic mass is 9.68. The molecule has 0 unspecified atom stereocenters. The maximum atomic E-state index is 14.1. The van der Waals surface area contributed by atoms with Gasteiger partial charge >= 0.3 is 4.87 Å². The molecule has 1 saturated heterocycles. The van der Waals surface area contributed by atoms with Crippen molar-refractivity contribution in [3.8, 4) is 5.75 Å². The van der Waals surface area contributed by atoms with Crippen molar-refractivity contribution in [3.63, 3.8) is 0 Å². The third-order valence-electron chi connectivity index (χ3n) is 10.7. The van der Waals surface area contributed by atoms with Crippen molar-refractivity contribution in [2.45, 2.75) is 29.5 Å². The second-order valence-electron chi connectivity index (χ2n) is 13.4. The molecule has 11 heteroatoms. The molecule has 2 bridgehead atoms. The minimum absolute atomic E-state index is 0.00482. The van der Waals surface area contributed by atoms with Crippen molar-refractivity contribution < 1.29 is 19.1 Å². The van der Waals surface area contributed by atoms with E-state index in [-0.39, 0.29) is 58.1 Å². The van der Waals surface area contributed by atoms with Crippen LogP contribution in [0.4, 0.5) is 11.4 Å². The van der Waals surface area contributed by atoms with E-state index >= 15 is 0 Å². The van der Waals surface area contributed by atoms with E-state index in [2.05, 4.69) is 10.3 Å². The van der Waals surface area contributed by atoms with Gasteiger partial charge in [0.1, 0.15) is 5.75 Å². The van der Waals surface area contributed by atoms with Crippen LogP contribution in [0, 0.1) is 36.5 Å². The van der Waals surface area contributed by atoms with E-state index < -0.39 is 11.8 Å². The molecule has 2 saturated carbocycles. The molecule has 9 rings (SSSR count). The number of rotatable bonds is 6. The molecule has 2 N–H and O–H groups in total. The fourth-order valence-electron chi connectivity index (χ4n) is 8.87. The summed E-state index contributed by atoms with van der Waals surface area (Å²) in [5.41, 5.74) is 3.13. The summed E-state index contributed by atoms with van der Waals surface area (Å²) >= 11 is 9.42. The summed E-state index contributed by atoms with van der Waals surface area (Å²) in [5, 5.41) is 6.23. The largest absolute Gasteiger partial charge is 0.483 e. The van der Waals surface area contributed by atoms with Crippen LogP contribution in [0.3, 0.4) is 0 Å². The average molecular weight is 708 g/mol. The fourth-order valence-corrected chi connectivity index (χ4v) is 11.9. The Hall–Kier alpha value is -4.38. The number of H-pyrrole nitrogens is 1. The molecule has 2 aliphatic heterocycles. The van der Waals surface area contributed by atoms with Gasteiger partial charge < -0.3 is 15.0 Å². The van der Waals surface area contributed by atoms with Crippen molar-refractivity contribution in [1.82, 2.24) is 4.98 Å². The lowest BCUT2D eigenvalue weighted by Gasteiger charge is -2.43. The number of aromatic nitrogens is 1. The van der Waals surface area contributed by atoms with E-state index in [1.54, 1.807) is 23.9 Å². The van der Waals surface area contributed by atoms with Gasteiger partial charge in [0.2, 0.25) is 11.8 Å². The Balaban J connectivity index is 1.05. The van der Waals surface area contributed by atoms with Crippen LogP contribution in [-0.4, -0.2) is 34.6 Å². The van der Waals surface area contributed by atoms with Crippen LogP contribution in [0.2, 0.25) is 5.02 Å². The second-order valence-corrected chi connectivity index (χ2v) is 16.0. The number of imide groups is 1. The monoisotopic (exact) mass is 707 g/mol. The molecule has 3 heterocycles. The summed E-state index contributed by atoms with van der Waals surface area (Å²) in [5.74, 6) is -1.37. The Kier molecular flexibility index (Phi) is 7.26. The molecule has 5 aromatic rings. The number of ether oxygens (including phenoxy) is 1. The van der Waals surface area contributed by atoms with Gasteiger partial charge in [0.15, 0.2) is 6.61 Å². The zero-order chi connectivity index (χ0) is 33.6. The number of fused-ring (bicyclic) bond motifs is 10. The highest BCUT2D eigenvalue weighted by Crippen LogP contribution is 2.69. The lowest BCUT2D eigenvalue weighted by Crippen LogP contribution is -2.42. The van der Waals surface area contributed by atoms with Gasteiger partial charge in [-0.15, -0.1) is 11.8 Å². The van der Waals surface area contributed by atoms with Crippen molar-refractivity contribution >= 4 is 74.6 Å². The Morgan fingerprint density at radius 2 is 1.71 bits per heavy atom. The summed E-state index contributed by atoms with van der Waals surface area (Å²) < 4.78 is 6.26. The number of aromatic amines is 1. The van der Waals surface area contributed by atoms with Crippen LogP contribution in [0.25, 0.3) is 10.8 Å². The van der Waals surface area contributed by atoms with Gasteiger partial charge in [-0.3, -0.25) is 24.1 Å². The summed E-state index contributed by atoms with van der Waals surface area (Å²) in [7, 11) is 0. The molecule has 4 aliphatic rings. The Labute approximate surface area is 294 Å². The summed E-state index contributed by atoms with van der Waals surface area (Å²) in [6.45, 7) is 1.74. The zero-order valence-corrected chi connectivity index (χ0v) is 28.6. The fraction of sp³-hybridized carbons (Fsp3) is 0.263. The highest BCUT2D eigenvalue weighted by molar-refractivity contribution is 8.00. The molecular weight excluding hydrogens is 678 g/mol. The van der Waals surface area contributed by atoms with Crippen LogP contribution >= 0.6 is 34.7 Å². The summed E-state index contributed by atoms with van der Waals surface area (Å²) in [6.07, 6.45) is 0.761. The summed E-state index contributed by atoms with van der Waals surface area (Å²) in [4.78, 5) is 59.3. The Morgan fingerprint density at radius 3 is 2.53 bits per heavy atom.